The van der Waals surface area contributed by atoms with Crippen LogP contribution in [0.15, 0.2) is 45.0 Å². The maximum Gasteiger partial charge on any atom is 0.349 e. The first kappa shape index (κ1) is 20.0. The average Bonchev–Trinajstić information content (AvgIpc) is 3.22. The van der Waals surface area contributed by atoms with Gasteiger partial charge in [0.1, 0.15) is 9.77 Å². The minimum absolute atomic E-state index is 0.0468. The molecule has 1 aliphatic carbocycles. The molecule has 0 saturated heterocycles. The third kappa shape index (κ3) is 4.06. The molecule has 29 heavy (non-hydrogen) atoms. The number of methoxy groups -OCH3 is 1. The molecule has 0 bridgehead atoms. The second kappa shape index (κ2) is 7.86. The average molecular weight is 454 g/mol. The number of hydrogen-bond donors (Lipinski definition) is 0. The summed E-state index contributed by atoms with van der Waals surface area (Å²) in [5.41, 5.74) is 0.680. The van der Waals surface area contributed by atoms with Gasteiger partial charge in [-0.2, -0.15) is 4.31 Å². The molecule has 152 valence electrons. The van der Waals surface area contributed by atoms with Crippen LogP contribution in [0.4, 0.5) is 0 Å². The molecular formula is C18H16ClN3O5S2. The van der Waals surface area contributed by atoms with E-state index in [1.807, 2.05) is 0 Å². The van der Waals surface area contributed by atoms with E-state index in [9.17, 15) is 13.2 Å². The summed E-state index contributed by atoms with van der Waals surface area (Å²) < 4.78 is 38.2. The Balaban J connectivity index is 1.62. The van der Waals surface area contributed by atoms with Crippen molar-refractivity contribution in [3.8, 4) is 11.5 Å². The molecule has 1 saturated carbocycles. The standard InChI is InChI=1S/C18H16ClN3O5S2/c1-26-18(23)16-14(8-9-28-16)29(24,25)22(13-6-7-13)10-15-20-21-17(27-15)11-2-4-12(19)5-3-11/h2-5,8-9,13H,6-7,10H2,1H3. The first-order valence-electron chi connectivity index (χ1n) is 8.66. The fourth-order valence-electron chi connectivity index (χ4n) is 2.80. The SMILES string of the molecule is COC(=O)c1sccc1S(=O)(=O)N(Cc1nnc(-c2ccc(Cl)cc2)o1)C1CC1. The number of carbonyl (C=O) groups is 1. The van der Waals surface area contributed by atoms with Crippen LogP contribution in [0.3, 0.4) is 0 Å². The number of carbonyl (C=O) groups excluding carboxylic acids is 1. The molecule has 0 aliphatic heterocycles. The van der Waals surface area contributed by atoms with Gasteiger partial charge >= 0.3 is 5.97 Å². The fraction of sp³-hybridized carbons (Fsp3) is 0.278. The van der Waals surface area contributed by atoms with Crippen LogP contribution in [0.1, 0.15) is 28.4 Å². The Hall–Kier alpha value is -2.27. The molecule has 1 fully saturated rings. The predicted molar refractivity (Wildman–Crippen MR) is 106 cm³/mol. The zero-order valence-corrected chi connectivity index (χ0v) is 17.6. The van der Waals surface area contributed by atoms with Crippen molar-refractivity contribution in [1.29, 1.82) is 0 Å². The monoisotopic (exact) mass is 453 g/mol. The van der Waals surface area contributed by atoms with E-state index in [1.165, 1.54) is 17.5 Å². The van der Waals surface area contributed by atoms with Crippen LogP contribution in [0.25, 0.3) is 11.5 Å². The molecule has 0 atom stereocenters. The fourth-order valence-corrected chi connectivity index (χ4v) is 5.87. The molecule has 0 amide bonds. The van der Waals surface area contributed by atoms with Gasteiger partial charge in [-0.15, -0.1) is 21.5 Å². The smallest absolute Gasteiger partial charge is 0.349 e. The number of nitrogens with zero attached hydrogens (tertiary/aromatic N) is 3. The van der Waals surface area contributed by atoms with Gasteiger partial charge in [0.05, 0.1) is 13.7 Å². The lowest BCUT2D eigenvalue weighted by Gasteiger charge is -2.20. The van der Waals surface area contributed by atoms with Crippen LogP contribution >= 0.6 is 22.9 Å². The Morgan fingerprint density at radius 3 is 2.66 bits per heavy atom. The Kier molecular flexibility index (Phi) is 5.43. The third-order valence-electron chi connectivity index (χ3n) is 4.39. The summed E-state index contributed by atoms with van der Waals surface area (Å²) in [5.74, 6) is -0.243. The number of benzene rings is 1. The quantitative estimate of drug-likeness (QED) is 0.503. The highest BCUT2D eigenvalue weighted by molar-refractivity contribution is 7.89. The van der Waals surface area contributed by atoms with Crippen LogP contribution in [0, 0.1) is 0 Å². The van der Waals surface area contributed by atoms with E-state index >= 15 is 0 Å². The number of esters is 1. The van der Waals surface area contributed by atoms with Crippen molar-refractivity contribution in [2.24, 2.45) is 0 Å². The highest BCUT2D eigenvalue weighted by Gasteiger charge is 2.41. The van der Waals surface area contributed by atoms with Crippen molar-refractivity contribution in [3.05, 3.63) is 51.5 Å². The van der Waals surface area contributed by atoms with Gasteiger partial charge in [0, 0.05) is 16.6 Å². The van der Waals surface area contributed by atoms with Crippen LogP contribution in [-0.4, -0.2) is 42.0 Å². The Labute approximate surface area is 176 Å². The molecule has 1 aromatic carbocycles. The van der Waals surface area contributed by atoms with Gasteiger partial charge < -0.3 is 9.15 Å². The summed E-state index contributed by atoms with van der Waals surface area (Å²) in [4.78, 5) is 11.9. The van der Waals surface area contributed by atoms with E-state index < -0.39 is 16.0 Å². The maximum absolute atomic E-state index is 13.3. The summed E-state index contributed by atoms with van der Waals surface area (Å²) in [6.45, 7) is -0.0793. The lowest BCUT2D eigenvalue weighted by Crippen LogP contribution is -2.33. The second-order valence-corrected chi connectivity index (χ2v) is 9.61. The lowest BCUT2D eigenvalue weighted by atomic mass is 10.2. The van der Waals surface area contributed by atoms with E-state index in [4.69, 9.17) is 20.8 Å². The summed E-state index contributed by atoms with van der Waals surface area (Å²) in [5, 5.41) is 10.1. The van der Waals surface area contributed by atoms with E-state index in [2.05, 4.69) is 10.2 Å². The van der Waals surface area contributed by atoms with Crippen molar-refractivity contribution in [3.63, 3.8) is 0 Å². The third-order valence-corrected chi connectivity index (χ3v) is 7.61. The van der Waals surface area contributed by atoms with Gasteiger partial charge in [-0.3, -0.25) is 0 Å². The summed E-state index contributed by atoms with van der Waals surface area (Å²) in [6, 6.07) is 8.12. The van der Waals surface area contributed by atoms with E-state index in [0.29, 0.717) is 10.6 Å². The molecule has 2 aromatic heterocycles. The van der Waals surface area contributed by atoms with Gasteiger partial charge in [-0.05, 0) is 48.6 Å². The van der Waals surface area contributed by atoms with Crippen LogP contribution in [0.2, 0.25) is 5.02 Å². The highest BCUT2D eigenvalue weighted by atomic mass is 35.5. The molecule has 2 heterocycles. The zero-order chi connectivity index (χ0) is 20.6. The maximum atomic E-state index is 13.3. The van der Waals surface area contributed by atoms with Gasteiger partial charge in [0.25, 0.3) is 0 Å². The number of halogens is 1. The van der Waals surface area contributed by atoms with Crippen molar-refractivity contribution in [2.45, 2.75) is 30.3 Å². The molecule has 11 heteroatoms. The number of aromatic nitrogens is 2. The second-order valence-electron chi connectivity index (χ2n) is 6.39. The molecule has 4 rings (SSSR count). The molecule has 0 spiro atoms. The zero-order valence-electron chi connectivity index (χ0n) is 15.2. The first-order chi connectivity index (χ1) is 13.9. The normalized spacial score (nSPS) is 14.3. The van der Waals surface area contributed by atoms with Crippen molar-refractivity contribution in [1.82, 2.24) is 14.5 Å². The number of sulfonamides is 1. The Morgan fingerprint density at radius 2 is 2.00 bits per heavy atom. The Morgan fingerprint density at radius 1 is 1.28 bits per heavy atom. The van der Waals surface area contributed by atoms with Crippen molar-refractivity contribution >= 4 is 38.9 Å². The van der Waals surface area contributed by atoms with Crippen molar-refractivity contribution < 1.29 is 22.4 Å². The summed E-state index contributed by atoms with van der Waals surface area (Å²) in [7, 11) is -2.73. The van der Waals surface area contributed by atoms with Gasteiger partial charge in [-0.25, -0.2) is 13.2 Å². The molecular weight excluding hydrogens is 438 g/mol. The minimum atomic E-state index is -3.94. The molecule has 8 nitrogen and oxygen atoms in total. The van der Waals surface area contributed by atoms with E-state index in [0.717, 1.165) is 24.2 Å². The van der Waals surface area contributed by atoms with E-state index in [1.54, 1.807) is 29.6 Å². The molecule has 0 N–H and O–H groups in total. The summed E-state index contributed by atoms with van der Waals surface area (Å²) in [6.07, 6.45) is 1.46. The van der Waals surface area contributed by atoms with E-state index in [-0.39, 0.29) is 34.1 Å². The van der Waals surface area contributed by atoms with Gasteiger partial charge in [0.15, 0.2) is 0 Å². The van der Waals surface area contributed by atoms with Crippen LogP contribution in [-0.2, 0) is 21.3 Å². The number of thiophene rings is 1. The molecule has 0 radical (unpaired) electrons. The van der Waals surface area contributed by atoms with Crippen LogP contribution < -0.4 is 0 Å². The first-order valence-corrected chi connectivity index (χ1v) is 11.4. The number of rotatable bonds is 7. The highest BCUT2D eigenvalue weighted by Crippen LogP contribution is 2.36. The predicted octanol–water partition coefficient (Wildman–Crippen LogP) is 3.59. The van der Waals surface area contributed by atoms with Crippen LogP contribution in [0.5, 0.6) is 0 Å². The molecule has 1 aliphatic rings. The largest absolute Gasteiger partial charge is 0.465 e. The summed E-state index contributed by atoms with van der Waals surface area (Å²) >= 11 is 6.91. The van der Waals surface area contributed by atoms with Gasteiger partial charge in [-0.1, -0.05) is 11.6 Å². The Bertz CT molecular complexity index is 1140. The number of ether oxygens (including phenoxy) is 1. The lowest BCUT2D eigenvalue weighted by molar-refractivity contribution is 0.0602. The molecule has 3 aromatic rings. The minimum Gasteiger partial charge on any atom is -0.465 e. The van der Waals surface area contributed by atoms with Crippen molar-refractivity contribution in [2.75, 3.05) is 7.11 Å². The topological polar surface area (TPSA) is 103 Å². The molecule has 0 unspecified atom stereocenters. The number of hydrogen-bond acceptors (Lipinski definition) is 8. The van der Waals surface area contributed by atoms with Gasteiger partial charge in [0.2, 0.25) is 21.8 Å².